The summed E-state index contributed by atoms with van der Waals surface area (Å²) in [5.41, 5.74) is 17.1. The van der Waals surface area contributed by atoms with E-state index in [-0.39, 0.29) is 0 Å². The van der Waals surface area contributed by atoms with Crippen LogP contribution in [-0.4, -0.2) is 3.21 Å². The van der Waals surface area contributed by atoms with Crippen LogP contribution in [0.5, 0.6) is 0 Å². The van der Waals surface area contributed by atoms with Crippen LogP contribution in [0.3, 0.4) is 0 Å². The molecule has 0 saturated heterocycles. The van der Waals surface area contributed by atoms with E-state index in [9.17, 15) is 0 Å². The molecule has 0 atom stereocenters. The Kier molecular flexibility index (Phi) is 6.69. The number of fused-ring (bicyclic) bond motifs is 3. The Bertz CT molecular complexity index is 1530. The predicted octanol–water partition coefficient (Wildman–Crippen LogP) is 9.41. The van der Waals surface area contributed by atoms with Gasteiger partial charge in [-0.05, 0) is 0 Å². The van der Waals surface area contributed by atoms with Crippen molar-refractivity contribution in [3.8, 4) is 11.1 Å². The van der Waals surface area contributed by atoms with Crippen molar-refractivity contribution in [1.82, 2.24) is 0 Å². The summed E-state index contributed by atoms with van der Waals surface area (Å²) < 4.78 is 2.62. The van der Waals surface area contributed by atoms with Gasteiger partial charge in [0.2, 0.25) is 0 Å². The monoisotopic (exact) mass is 570 g/mol. The average molecular weight is 572 g/mol. The molecule has 0 heterocycles. The fourth-order valence-corrected chi connectivity index (χ4v) is 15.5. The SMILES string of the molecule is Cc1ccc([C](c2ccc(C)cc2)=[Zr]([CH]2C=CC=C2)[CH]2c3cc(C)c(C)cc3-c3cc(C)c(C)cc32)cc1. The first-order valence-corrected chi connectivity index (χ1v) is 17.8. The van der Waals surface area contributed by atoms with Gasteiger partial charge in [0, 0.05) is 0 Å². The third-order valence-electron chi connectivity index (χ3n) is 8.63. The zero-order valence-electron chi connectivity index (χ0n) is 23.4. The van der Waals surface area contributed by atoms with Crippen molar-refractivity contribution in [2.24, 2.45) is 0 Å². The second-order valence-electron chi connectivity index (χ2n) is 11.3. The molecule has 2 aliphatic rings. The zero-order valence-corrected chi connectivity index (χ0v) is 25.9. The molecule has 0 aliphatic heterocycles. The van der Waals surface area contributed by atoms with E-state index in [1.54, 1.807) is 14.3 Å². The molecule has 4 aromatic carbocycles. The van der Waals surface area contributed by atoms with Crippen LogP contribution in [0.15, 0.2) is 97.1 Å². The summed E-state index contributed by atoms with van der Waals surface area (Å²) >= 11 is -2.58. The standard InChI is InChI=1S/C17H17.C15H14.C5H5.Zr/c1-10-5-14-9-15-6-11(2)13(4)8-17(15)16(14)7-12(10)3;1-12-3-7-14(8-4-12)11-15-9-5-13(2)6-10-15;1-2-4-5-3-1;/h5-9H,1-4H3;3-10H,1-2H3;1-5H;. The molecule has 0 amide bonds. The summed E-state index contributed by atoms with van der Waals surface area (Å²) in [6.45, 7) is 13.5. The molecule has 0 N–H and O–H groups in total. The molecule has 4 aromatic rings. The van der Waals surface area contributed by atoms with Crippen LogP contribution in [0.1, 0.15) is 59.3 Å². The Hall–Kier alpha value is -2.89. The van der Waals surface area contributed by atoms with Gasteiger partial charge in [-0.15, -0.1) is 0 Å². The van der Waals surface area contributed by atoms with Gasteiger partial charge in [-0.3, -0.25) is 0 Å². The van der Waals surface area contributed by atoms with Gasteiger partial charge in [0.25, 0.3) is 0 Å². The summed E-state index contributed by atoms with van der Waals surface area (Å²) in [4.78, 5) is 0. The third kappa shape index (κ3) is 4.40. The molecular formula is C37H36Zr. The molecular weight excluding hydrogens is 536 g/mol. The predicted molar refractivity (Wildman–Crippen MR) is 160 cm³/mol. The molecule has 188 valence electrons. The number of hydrogen-bond donors (Lipinski definition) is 0. The molecule has 0 saturated carbocycles. The van der Waals surface area contributed by atoms with Gasteiger partial charge < -0.3 is 0 Å². The Morgan fingerprint density at radius 2 is 0.921 bits per heavy atom. The van der Waals surface area contributed by atoms with E-state index in [1.165, 1.54) is 55.6 Å². The topological polar surface area (TPSA) is 0 Å². The van der Waals surface area contributed by atoms with E-state index in [0.29, 0.717) is 7.25 Å². The first kappa shape index (κ1) is 25.4. The van der Waals surface area contributed by atoms with E-state index in [1.807, 2.05) is 0 Å². The summed E-state index contributed by atoms with van der Waals surface area (Å²) in [5.74, 6) is 0. The molecule has 0 aromatic heterocycles. The maximum atomic E-state index is 2.53. The van der Waals surface area contributed by atoms with Gasteiger partial charge in [-0.25, -0.2) is 0 Å². The van der Waals surface area contributed by atoms with E-state index in [4.69, 9.17) is 0 Å². The Balaban J connectivity index is 1.74. The van der Waals surface area contributed by atoms with Crippen LogP contribution < -0.4 is 0 Å². The van der Waals surface area contributed by atoms with Gasteiger partial charge >= 0.3 is 237 Å². The second kappa shape index (κ2) is 10.0. The Labute approximate surface area is 235 Å². The number of allylic oxidation sites excluding steroid dienone is 4. The normalized spacial score (nSPS) is 14.2. The number of benzene rings is 4. The molecule has 0 bridgehead atoms. The van der Waals surface area contributed by atoms with Gasteiger partial charge in [-0.2, -0.15) is 0 Å². The summed E-state index contributed by atoms with van der Waals surface area (Å²) in [5, 5.41) is 0. The van der Waals surface area contributed by atoms with Gasteiger partial charge in [0.15, 0.2) is 0 Å². The number of rotatable bonds is 4. The summed E-state index contributed by atoms with van der Waals surface area (Å²) in [6, 6.07) is 28.7. The van der Waals surface area contributed by atoms with E-state index < -0.39 is 21.3 Å². The van der Waals surface area contributed by atoms with Crippen LogP contribution >= 0.6 is 0 Å². The molecule has 0 unspecified atom stereocenters. The molecule has 0 fully saturated rings. The molecule has 0 nitrogen and oxygen atoms in total. The Morgan fingerprint density at radius 3 is 1.34 bits per heavy atom. The van der Waals surface area contributed by atoms with Crippen LogP contribution in [0.4, 0.5) is 0 Å². The van der Waals surface area contributed by atoms with Gasteiger partial charge in [0.1, 0.15) is 0 Å². The van der Waals surface area contributed by atoms with Crippen molar-refractivity contribution in [3.63, 3.8) is 0 Å². The molecule has 6 rings (SSSR count). The van der Waals surface area contributed by atoms with Gasteiger partial charge in [0.05, 0.1) is 0 Å². The van der Waals surface area contributed by atoms with E-state index >= 15 is 0 Å². The average Bonchev–Trinajstić information content (AvgIpc) is 3.52. The number of hydrogen-bond acceptors (Lipinski definition) is 0. The minimum atomic E-state index is -2.58. The summed E-state index contributed by atoms with van der Waals surface area (Å²) in [6.07, 6.45) is 9.56. The molecule has 2 aliphatic carbocycles. The van der Waals surface area contributed by atoms with E-state index in [0.717, 1.165) is 0 Å². The van der Waals surface area contributed by atoms with Crippen molar-refractivity contribution < 1.29 is 21.3 Å². The third-order valence-corrected chi connectivity index (χ3v) is 17.2. The van der Waals surface area contributed by atoms with E-state index in [2.05, 4.69) is 139 Å². The van der Waals surface area contributed by atoms with Crippen LogP contribution in [-0.2, 0) is 21.3 Å². The molecule has 1 heteroatoms. The Morgan fingerprint density at radius 1 is 0.526 bits per heavy atom. The maximum absolute atomic E-state index is 2.58. The summed E-state index contributed by atoms with van der Waals surface area (Å²) in [7, 11) is 0. The van der Waals surface area contributed by atoms with Crippen molar-refractivity contribution in [1.29, 1.82) is 0 Å². The van der Waals surface area contributed by atoms with Crippen LogP contribution in [0, 0.1) is 41.5 Å². The van der Waals surface area contributed by atoms with Gasteiger partial charge in [-0.1, -0.05) is 0 Å². The first-order valence-electron chi connectivity index (χ1n) is 13.8. The quantitative estimate of drug-likeness (QED) is 0.229. The fraction of sp³-hybridized carbons (Fsp3) is 0.216. The van der Waals surface area contributed by atoms with Crippen molar-refractivity contribution in [3.05, 3.63) is 153 Å². The van der Waals surface area contributed by atoms with Crippen molar-refractivity contribution in [2.75, 3.05) is 0 Å². The van der Waals surface area contributed by atoms with Crippen molar-refractivity contribution >= 4 is 3.21 Å². The zero-order chi connectivity index (χ0) is 26.6. The minimum absolute atomic E-state index is 0.469. The number of aryl methyl sites for hydroxylation is 6. The molecule has 0 spiro atoms. The van der Waals surface area contributed by atoms with Crippen LogP contribution in [0.25, 0.3) is 11.1 Å². The molecule has 0 radical (unpaired) electrons. The second-order valence-corrected chi connectivity index (χ2v) is 17.9. The van der Waals surface area contributed by atoms with Crippen LogP contribution in [0.2, 0.25) is 3.63 Å². The van der Waals surface area contributed by atoms with Crippen molar-refractivity contribution in [2.45, 2.75) is 48.8 Å². The fourth-order valence-electron chi connectivity index (χ4n) is 6.21. The molecule has 38 heavy (non-hydrogen) atoms. The first-order chi connectivity index (χ1) is 18.3.